The lowest BCUT2D eigenvalue weighted by Crippen LogP contribution is -2.30. The maximum Gasteiger partial charge on any atom is 0.295 e. The Morgan fingerprint density at radius 1 is 1.03 bits per heavy atom. The highest BCUT2D eigenvalue weighted by Crippen LogP contribution is 2.40. The summed E-state index contributed by atoms with van der Waals surface area (Å²) in [5.41, 5.74) is 1.39. The van der Waals surface area contributed by atoms with Crippen molar-refractivity contribution >= 4 is 17.4 Å². The SMILES string of the molecule is CCCCCCN1C(=O)C(=O)/C(=C(\O)c2ccccc2)C1c1cccc(OC)c1. The zero-order valence-corrected chi connectivity index (χ0v) is 16.9. The van der Waals surface area contributed by atoms with E-state index < -0.39 is 17.7 Å². The maximum absolute atomic E-state index is 12.9. The molecule has 1 fully saturated rings. The lowest BCUT2D eigenvalue weighted by atomic mass is 9.95. The number of nitrogens with zero attached hydrogens (tertiary/aromatic N) is 1. The quantitative estimate of drug-likeness (QED) is 0.306. The number of hydrogen-bond acceptors (Lipinski definition) is 4. The number of rotatable bonds is 8. The monoisotopic (exact) mass is 393 g/mol. The first-order chi connectivity index (χ1) is 14.1. The Morgan fingerprint density at radius 3 is 2.48 bits per heavy atom. The number of hydrogen-bond donors (Lipinski definition) is 1. The van der Waals surface area contributed by atoms with Crippen molar-refractivity contribution in [3.8, 4) is 5.75 Å². The number of likely N-dealkylation sites (tertiary alicyclic amines) is 1. The second-order valence-electron chi connectivity index (χ2n) is 7.20. The van der Waals surface area contributed by atoms with Gasteiger partial charge < -0.3 is 14.7 Å². The van der Waals surface area contributed by atoms with Crippen LogP contribution in [0.2, 0.25) is 0 Å². The number of carbonyl (C=O) groups is 2. The van der Waals surface area contributed by atoms with E-state index >= 15 is 0 Å². The summed E-state index contributed by atoms with van der Waals surface area (Å²) in [6.07, 6.45) is 3.97. The highest BCUT2D eigenvalue weighted by Gasteiger charge is 2.45. The summed E-state index contributed by atoms with van der Waals surface area (Å²) in [4.78, 5) is 27.4. The van der Waals surface area contributed by atoms with E-state index in [0.717, 1.165) is 31.2 Å². The maximum atomic E-state index is 12.9. The predicted molar refractivity (Wildman–Crippen MR) is 113 cm³/mol. The van der Waals surface area contributed by atoms with Crippen LogP contribution in [-0.4, -0.2) is 35.4 Å². The summed E-state index contributed by atoms with van der Waals surface area (Å²) in [6.45, 7) is 2.60. The molecule has 0 spiro atoms. The minimum absolute atomic E-state index is 0.130. The molecule has 0 radical (unpaired) electrons. The summed E-state index contributed by atoms with van der Waals surface area (Å²) >= 11 is 0. The van der Waals surface area contributed by atoms with Crippen molar-refractivity contribution in [1.82, 2.24) is 4.90 Å². The van der Waals surface area contributed by atoms with Crippen LogP contribution >= 0.6 is 0 Å². The van der Waals surface area contributed by atoms with Gasteiger partial charge in [-0.2, -0.15) is 0 Å². The van der Waals surface area contributed by atoms with Crippen molar-refractivity contribution < 1.29 is 19.4 Å². The van der Waals surface area contributed by atoms with E-state index in [9.17, 15) is 14.7 Å². The fourth-order valence-electron chi connectivity index (χ4n) is 3.73. The highest BCUT2D eigenvalue weighted by molar-refractivity contribution is 6.46. The summed E-state index contributed by atoms with van der Waals surface area (Å²) in [7, 11) is 1.57. The third-order valence-corrected chi connectivity index (χ3v) is 5.25. The smallest absolute Gasteiger partial charge is 0.295 e. The van der Waals surface area contributed by atoms with Crippen LogP contribution in [0.4, 0.5) is 0 Å². The molecule has 1 aliphatic rings. The van der Waals surface area contributed by atoms with Crippen LogP contribution in [0.3, 0.4) is 0 Å². The molecule has 1 saturated heterocycles. The zero-order valence-electron chi connectivity index (χ0n) is 16.9. The van der Waals surface area contributed by atoms with E-state index in [0.29, 0.717) is 17.9 Å². The molecule has 29 heavy (non-hydrogen) atoms. The normalized spacial score (nSPS) is 18.3. The van der Waals surface area contributed by atoms with Crippen molar-refractivity contribution in [2.45, 2.75) is 38.6 Å². The number of aliphatic hydroxyl groups excluding tert-OH is 1. The van der Waals surface area contributed by atoms with Crippen molar-refractivity contribution in [3.05, 3.63) is 71.3 Å². The molecule has 1 aliphatic heterocycles. The van der Waals surface area contributed by atoms with Crippen LogP contribution in [0.1, 0.15) is 49.8 Å². The van der Waals surface area contributed by atoms with Crippen LogP contribution in [0.5, 0.6) is 5.75 Å². The van der Waals surface area contributed by atoms with Crippen LogP contribution in [0.25, 0.3) is 5.76 Å². The lowest BCUT2D eigenvalue weighted by Gasteiger charge is -2.25. The molecule has 1 heterocycles. The van der Waals surface area contributed by atoms with E-state index in [1.165, 1.54) is 0 Å². The number of Topliss-reactive ketones (excluding diaryl/α,β-unsaturated/α-hetero) is 1. The van der Waals surface area contributed by atoms with Gasteiger partial charge in [0.05, 0.1) is 18.7 Å². The second kappa shape index (κ2) is 9.41. The van der Waals surface area contributed by atoms with Gasteiger partial charge in [-0.1, -0.05) is 68.7 Å². The van der Waals surface area contributed by atoms with E-state index in [2.05, 4.69) is 6.92 Å². The molecule has 1 amide bonds. The number of unbranched alkanes of at least 4 members (excludes halogenated alkanes) is 3. The fraction of sp³-hybridized carbons (Fsp3) is 0.333. The zero-order chi connectivity index (χ0) is 20.8. The van der Waals surface area contributed by atoms with Crippen LogP contribution in [0, 0.1) is 0 Å². The molecule has 5 heteroatoms. The molecule has 1 atom stereocenters. The summed E-state index contributed by atoms with van der Waals surface area (Å²) < 4.78 is 5.33. The number of amides is 1. The van der Waals surface area contributed by atoms with Crippen molar-refractivity contribution in [3.63, 3.8) is 0 Å². The number of aliphatic hydroxyl groups is 1. The lowest BCUT2D eigenvalue weighted by molar-refractivity contribution is -0.139. The third kappa shape index (κ3) is 4.34. The molecule has 0 aliphatic carbocycles. The number of ether oxygens (including phenoxy) is 1. The highest BCUT2D eigenvalue weighted by atomic mass is 16.5. The van der Waals surface area contributed by atoms with Gasteiger partial charge in [0.25, 0.3) is 11.7 Å². The molecular formula is C24H27NO4. The average molecular weight is 393 g/mol. The fourth-order valence-corrected chi connectivity index (χ4v) is 3.73. The van der Waals surface area contributed by atoms with Crippen LogP contribution in [-0.2, 0) is 9.59 Å². The molecule has 1 N–H and O–H groups in total. The molecule has 5 nitrogen and oxygen atoms in total. The van der Waals surface area contributed by atoms with Gasteiger partial charge in [0, 0.05) is 12.1 Å². The van der Waals surface area contributed by atoms with E-state index in [1.54, 1.807) is 36.3 Å². The summed E-state index contributed by atoms with van der Waals surface area (Å²) in [6, 6.07) is 15.5. The first kappa shape index (κ1) is 20.6. The number of benzene rings is 2. The standard InChI is InChI=1S/C24H27NO4/c1-3-4-5-9-15-25-21(18-13-10-14-19(16-18)29-2)20(23(27)24(25)28)22(26)17-11-7-6-8-12-17/h6-8,10-14,16,21,26H,3-5,9,15H2,1-2H3/b22-20-. The first-order valence-corrected chi connectivity index (χ1v) is 10.1. The Labute approximate surface area is 171 Å². The first-order valence-electron chi connectivity index (χ1n) is 10.1. The topological polar surface area (TPSA) is 66.8 Å². The Bertz CT molecular complexity index is 904. The second-order valence-corrected chi connectivity index (χ2v) is 7.20. The molecular weight excluding hydrogens is 366 g/mol. The van der Waals surface area contributed by atoms with E-state index in [4.69, 9.17) is 4.74 Å². The van der Waals surface area contributed by atoms with Gasteiger partial charge in [0.15, 0.2) is 0 Å². The van der Waals surface area contributed by atoms with Crippen molar-refractivity contribution in [2.24, 2.45) is 0 Å². The predicted octanol–water partition coefficient (Wildman–Crippen LogP) is 4.70. The van der Waals surface area contributed by atoms with Crippen molar-refractivity contribution in [1.29, 1.82) is 0 Å². The molecule has 152 valence electrons. The molecule has 2 aromatic carbocycles. The molecule has 0 saturated carbocycles. The average Bonchev–Trinajstić information content (AvgIpc) is 3.01. The van der Waals surface area contributed by atoms with Gasteiger partial charge in [-0.15, -0.1) is 0 Å². The largest absolute Gasteiger partial charge is 0.507 e. The molecule has 3 rings (SSSR count). The van der Waals surface area contributed by atoms with E-state index in [1.807, 2.05) is 30.3 Å². The summed E-state index contributed by atoms with van der Waals surface area (Å²) in [5, 5.41) is 10.9. The summed E-state index contributed by atoms with van der Waals surface area (Å²) in [5.74, 6) is -0.715. The minimum Gasteiger partial charge on any atom is -0.507 e. The van der Waals surface area contributed by atoms with Gasteiger partial charge in [0.1, 0.15) is 11.5 Å². The third-order valence-electron chi connectivity index (χ3n) is 5.25. The van der Waals surface area contributed by atoms with Crippen molar-refractivity contribution in [2.75, 3.05) is 13.7 Å². The number of carbonyl (C=O) groups excluding carboxylic acids is 2. The Kier molecular flexibility index (Phi) is 6.70. The van der Waals surface area contributed by atoms with Gasteiger partial charge in [-0.25, -0.2) is 0 Å². The Balaban J connectivity index is 2.07. The van der Waals surface area contributed by atoms with E-state index in [-0.39, 0.29) is 11.3 Å². The number of ketones is 1. The van der Waals surface area contributed by atoms with Gasteiger partial charge in [0.2, 0.25) is 0 Å². The number of methoxy groups -OCH3 is 1. The Hall–Kier alpha value is -3.08. The molecule has 2 aromatic rings. The molecule has 1 unspecified atom stereocenters. The van der Waals surface area contributed by atoms with Gasteiger partial charge in [-0.3, -0.25) is 9.59 Å². The molecule has 0 bridgehead atoms. The van der Waals surface area contributed by atoms with Crippen LogP contribution in [0.15, 0.2) is 60.2 Å². The van der Waals surface area contributed by atoms with Gasteiger partial charge >= 0.3 is 0 Å². The van der Waals surface area contributed by atoms with Gasteiger partial charge in [-0.05, 0) is 24.1 Å². The Morgan fingerprint density at radius 2 is 1.79 bits per heavy atom. The molecule has 0 aromatic heterocycles. The minimum atomic E-state index is -0.644. The van der Waals surface area contributed by atoms with Crippen LogP contribution < -0.4 is 4.74 Å².